The van der Waals surface area contributed by atoms with E-state index in [4.69, 9.17) is 25.1 Å². The molecule has 1 aromatic carbocycles. The average Bonchev–Trinajstić information content (AvgIpc) is 2.45. The van der Waals surface area contributed by atoms with Crippen LogP contribution in [0.3, 0.4) is 0 Å². The third kappa shape index (κ3) is 8.52. The number of carbonyl (C=O) groups is 1. The van der Waals surface area contributed by atoms with Gasteiger partial charge in [0.25, 0.3) is 0 Å². The van der Waals surface area contributed by atoms with E-state index in [1.807, 2.05) is 0 Å². The van der Waals surface area contributed by atoms with Gasteiger partial charge in [0.2, 0.25) is 0 Å². The summed E-state index contributed by atoms with van der Waals surface area (Å²) in [6, 6.07) is 5.82. The first-order valence-electron chi connectivity index (χ1n) is 6.40. The number of carbonyl (C=O) groups excluding carboxylic acids is 1. The predicted molar refractivity (Wildman–Crippen MR) is 80.7 cm³/mol. The Bertz CT molecular complexity index is 399. The van der Waals surface area contributed by atoms with Crippen molar-refractivity contribution in [1.29, 1.82) is 0 Å². The number of nitrogens with two attached hydrogens (primary N) is 1. The van der Waals surface area contributed by atoms with E-state index in [1.54, 1.807) is 31.4 Å². The zero-order valence-electron chi connectivity index (χ0n) is 12.0. The lowest BCUT2D eigenvalue weighted by Gasteiger charge is -2.12. The predicted octanol–water partition coefficient (Wildman–Crippen LogP) is 0.890. The number of aromatic hydroxyl groups is 1. The Balaban J connectivity index is 0.00000400. The second kappa shape index (κ2) is 11.3. The molecule has 0 spiro atoms. The Morgan fingerprint density at radius 2 is 1.81 bits per heavy atom. The molecule has 0 heterocycles. The molecular weight excluding hydrogens is 298 g/mol. The smallest absolute Gasteiger partial charge is 0.323 e. The van der Waals surface area contributed by atoms with Gasteiger partial charge in [-0.1, -0.05) is 12.1 Å². The molecule has 0 saturated carbocycles. The Hall–Kier alpha value is -1.34. The van der Waals surface area contributed by atoms with Crippen molar-refractivity contribution >= 4 is 18.4 Å². The highest BCUT2D eigenvalue weighted by Crippen LogP contribution is 2.11. The van der Waals surface area contributed by atoms with Crippen molar-refractivity contribution in [2.45, 2.75) is 12.5 Å². The zero-order chi connectivity index (χ0) is 14.8. The average molecular weight is 320 g/mol. The molecule has 0 radical (unpaired) electrons. The molecule has 120 valence electrons. The molecule has 0 fully saturated rings. The van der Waals surface area contributed by atoms with Crippen LogP contribution in [0.1, 0.15) is 5.56 Å². The number of hydrogen-bond donors (Lipinski definition) is 2. The second-order valence-electron chi connectivity index (χ2n) is 4.25. The zero-order valence-corrected chi connectivity index (χ0v) is 12.8. The van der Waals surface area contributed by atoms with Gasteiger partial charge in [0, 0.05) is 7.11 Å². The van der Waals surface area contributed by atoms with E-state index in [9.17, 15) is 4.79 Å². The van der Waals surface area contributed by atoms with E-state index in [1.165, 1.54) is 0 Å². The topological polar surface area (TPSA) is 91.0 Å². The van der Waals surface area contributed by atoms with Crippen LogP contribution in [0.4, 0.5) is 0 Å². The summed E-state index contributed by atoms with van der Waals surface area (Å²) in [5.74, 6) is -0.286. The van der Waals surface area contributed by atoms with E-state index in [-0.39, 0.29) is 24.8 Å². The maximum Gasteiger partial charge on any atom is 0.323 e. The monoisotopic (exact) mass is 319 g/mol. The molecule has 0 unspecified atom stereocenters. The number of methoxy groups -OCH3 is 1. The largest absolute Gasteiger partial charge is 0.508 e. The first-order valence-corrected chi connectivity index (χ1v) is 6.40. The second-order valence-corrected chi connectivity index (χ2v) is 4.25. The van der Waals surface area contributed by atoms with E-state index in [2.05, 4.69) is 0 Å². The van der Waals surface area contributed by atoms with Crippen LogP contribution in [0.5, 0.6) is 5.75 Å². The molecule has 1 rings (SSSR count). The molecule has 0 amide bonds. The van der Waals surface area contributed by atoms with Crippen molar-refractivity contribution in [1.82, 2.24) is 0 Å². The van der Waals surface area contributed by atoms with Gasteiger partial charge in [-0.2, -0.15) is 0 Å². The van der Waals surface area contributed by atoms with Crippen molar-refractivity contribution in [2.75, 3.05) is 33.5 Å². The summed E-state index contributed by atoms with van der Waals surface area (Å²) in [6.45, 7) is 1.47. The van der Waals surface area contributed by atoms with Crippen molar-refractivity contribution in [3.63, 3.8) is 0 Å². The maximum absolute atomic E-state index is 11.6. The SMILES string of the molecule is COCCOCCOC(=O)[C@@H](N)Cc1ccc(O)cc1.Cl. The minimum atomic E-state index is -0.724. The minimum Gasteiger partial charge on any atom is -0.508 e. The lowest BCUT2D eigenvalue weighted by atomic mass is 10.1. The summed E-state index contributed by atoms with van der Waals surface area (Å²) in [5, 5.41) is 9.16. The van der Waals surface area contributed by atoms with Gasteiger partial charge in [0.15, 0.2) is 0 Å². The van der Waals surface area contributed by atoms with Crippen LogP contribution < -0.4 is 5.73 Å². The third-order valence-corrected chi connectivity index (χ3v) is 2.60. The first-order chi connectivity index (χ1) is 9.63. The highest BCUT2D eigenvalue weighted by Gasteiger charge is 2.15. The highest BCUT2D eigenvalue weighted by atomic mass is 35.5. The summed E-state index contributed by atoms with van der Waals surface area (Å²) in [4.78, 5) is 11.6. The van der Waals surface area contributed by atoms with E-state index < -0.39 is 12.0 Å². The molecule has 7 heteroatoms. The van der Waals surface area contributed by atoms with E-state index in [0.717, 1.165) is 5.56 Å². The Labute approximate surface area is 130 Å². The fourth-order valence-corrected chi connectivity index (χ4v) is 1.52. The number of phenolic OH excluding ortho intramolecular Hbond substituents is 1. The molecule has 0 saturated heterocycles. The first kappa shape index (κ1) is 19.7. The van der Waals surface area contributed by atoms with Gasteiger partial charge in [0.05, 0.1) is 19.8 Å². The van der Waals surface area contributed by atoms with Gasteiger partial charge in [0.1, 0.15) is 18.4 Å². The van der Waals surface area contributed by atoms with Gasteiger partial charge < -0.3 is 25.1 Å². The number of halogens is 1. The molecule has 1 atom stereocenters. The molecule has 0 aliphatic heterocycles. The van der Waals surface area contributed by atoms with Crippen molar-refractivity contribution in [2.24, 2.45) is 5.73 Å². The fraction of sp³-hybridized carbons (Fsp3) is 0.500. The van der Waals surface area contributed by atoms with Crippen LogP contribution in [0.25, 0.3) is 0 Å². The molecule has 0 aromatic heterocycles. The van der Waals surface area contributed by atoms with Crippen molar-refractivity contribution < 1.29 is 24.1 Å². The normalized spacial score (nSPS) is 11.5. The number of phenols is 1. The molecule has 0 bridgehead atoms. The summed E-state index contributed by atoms with van der Waals surface area (Å²) < 4.78 is 15.0. The Kier molecular flexibility index (Phi) is 10.6. The van der Waals surface area contributed by atoms with Gasteiger partial charge in [-0.3, -0.25) is 4.79 Å². The van der Waals surface area contributed by atoms with Crippen molar-refractivity contribution in [3.05, 3.63) is 29.8 Å². The maximum atomic E-state index is 11.6. The van der Waals surface area contributed by atoms with Crippen LogP contribution in [0, 0.1) is 0 Å². The minimum absolute atomic E-state index is 0. The molecule has 6 nitrogen and oxygen atoms in total. The van der Waals surface area contributed by atoms with Crippen LogP contribution in [-0.4, -0.2) is 50.7 Å². The highest BCUT2D eigenvalue weighted by molar-refractivity contribution is 5.85. The molecule has 1 aromatic rings. The van der Waals surface area contributed by atoms with Gasteiger partial charge in [-0.15, -0.1) is 12.4 Å². The number of hydrogen-bond acceptors (Lipinski definition) is 6. The third-order valence-electron chi connectivity index (χ3n) is 2.60. The number of ether oxygens (including phenoxy) is 3. The summed E-state index contributed by atoms with van der Waals surface area (Å²) in [7, 11) is 1.59. The van der Waals surface area contributed by atoms with E-state index >= 15 is 0 Å². The lowest BCUT2D eigenvalue weighted by molar-refractivity contribution is -0.146. The summed E-state index contributed by atoms with van der Waals surface area (Å²) in [5.41, 5.74) is 6.62. The number of benzene rings is 1. The molecule has 3 N–H and O–H groups in total. The van der Waals surface area contributed by atoms with Gasteiger partial charge in [-0.25, -0.2) is 0 Å². The van der Waals surface area contributed by atoms with Crippen LogP contribution in [0.2, 0.25) is 0 Å². The van der Waals surface area contributed by atoms with Crippen LogP contribution >= 0.6 is 12.4 Å². The van der Waals surface area contributed by atoms with Crippen LogP contribution in [-0.2, 0) is 25.4 Å². The number of esters is 1. The van der Waals surface area contributed by atoms with Gasteiger partial charge in [-0.05, 0) is 24.1 Å². The molecule has 0 aliphatic rings. The Morgan fingerprint density at radius 3 is 2.43 bits per heavy atom. The molecule has 21 heavy (non-hydrogen) atoms. The van der Waals surface area contributed by atoms with Crippen LogP contribution in [0.15, 0.2) is 24.3 Å². The summed E-state index contributed by atoms with van der Waals surface area (Å²) in [6.07, 6.45) is 0.365. The summed E-state index contributed by atoms with van der Waals surface area (Å²) >= 11 is 0. The Morgan fingerprint density at radius 1 is 1.19 bits per heavy atom. The standard InChI is InChI=1S/C14H21NO5.ClH/c1-18-6-7-19-8-9-20-14(17)13(15)10-11-2-4-12(16)5-3-11;/h2-5,13,16H,6-10,15H2,1H3;1H/t13-;/m0./s1. The lowest BCUT2D eigenvalue weighted by Crippen LogP contribution is -2.35. The quantitative estimate of drug-likeness (QED) is 0.519. The fourth-order valence-electron chi connectivity index (χ4n) is 1.52. The number of rotatable bonds is 9. The van der Waals surface area contributed by atoms with E-state index in [0.29, 0.717) is 26.2 Å². The molecule has 0 aliphatic carbocycles. The molecular formula is C14H22ClNO5. The van der Waals surface area contributed by atoms with Gasteiger partial charge >= 0.3 is 5.97 Å². The van der Waals surface area contributed by atoms with Crippen molar-refractivity contribution in [3.8, 4) is 5.75 Å².